The molecule has 0 aromatic heterocycles. The fourth-order valence-electron chi connectivity index (χ4n) is 2.74. The van der Waals surface area contributed by atoms with Crippen LogP contribution in [0.25, 0.3) is 0 Å². The van der Waals surface area contributed by atoms with E-state index in [1.165, 1.54) is 10.6 Å². The molecule has 6 heteroatoms. The van der Waals surface area contributed by atoms with Crippen LogP contribution in [0.15, 0.2) is 30.3 Å². The third-order valence-electron chi connectivity index (χ3n) is 3.82. The highest BCUT2D eigenvalue weighted by Gasteiger charge is 2.38. The van der Waals surface area contributed by atoms with E-state index in [2.05, 4.69) is 0 Å². The lowest BCUT2D eigenvalue weighted by molar-refractivity contribution is -0.135. The Bertz CT molecular complexity index is 586. The number of sulfonamides is 1. The van der Waals surface area contributed by atoms with Gasteiger partial charge in [-0.15, -0.1) is 0 Å². The van der Waals surface area contributed by atoms with E-state index in [1.54, 1.807) is 4.90 Å². The topological polar surface area (TPSA) is 57.7 Å². The van der Waals surface area contributed by atoms with E-state index in [9.17, 15) is 13.2 Å². The molecule has 1 aromatic rings. The van der Waals surface area contributed by atoms with Crippen LogP contribution in [0.4, 0.5) is 0 Å². The molecular formula is C15H22N2O3S. The number of carbonyl (C=O) groups is 1. The van der Waals surface area contributed by atoms with Crippen molar-refractivity contribution in [2.75, 3.05) is 19.3 Å². The van der Waals surface area contributed by atoms with Crippen molar-refractivity contribution in [3.05, 3.63) is 35.9 Å². The normalized spacial score (nSPS) is 19.6. The van der Waals surface area contributed by atoms with E-state index in [1.807, 2.05) is 37.3 Å². The molecular weight excluding hydrogens is 288 g/mol. The Hall–Kier alpha value is -1.40. The number of carbonyl (C=O) groups excluding carboxylic acids is 1. The van der Waals surface area contributed by atoms with E-state index in [0.717, 1.165) is 12.0 Å². The standard InChI is InChI=1S/C15H22N2O3S/c1-3-16(12-13-8-5-4-6-9-13)15(18)14-10-7-11-17(14)21(2,19)20/h4-6,8-9,14H,3,7,10-12H2,1-2H3. The van der Waals surface area contributed by atoms with Crippen LogP contribution in [-0.4, -0.2) is 48.9 Å². The third kappa shape index (κ3) is 3.83. The minimum Gasteiger partial charge on any atom is -0.337 e. The monoisotopic (exact) mass is 310 g/mol. The molecule has 2 rings (SSSR count). The molecule has 1 aromatic carbocycles. The van der Waals surface area contributed by atoms with Crippen molar-refractivity contribution in [2.24, 2.45) is 0 Å². The van der Waals surface area contributed by atoms with Crippen LogP contribution in [0.2, 0.25) is 0 Å². The minimum atomic E-state index is -3.33. The first-order valence-corrected chi connectivity index (χ1v) is 9.08. The fourth-order valence-corrected chi connectivity index (χ4v) is 3.86. The van der Waals surface area contributed by atoms with Gasteiger partial charge in [0.2, 0.25) is 15.9 Å². The molecule has 0 aliphatic carbocycles. The van der Waals surface area contributed by atoms with Crippen molar-refractivity contribution >= 4 is 15.9 Å². The summed E-state index contributed by atoms with van der Waals surface area (Å²) in [6, 6.07) is 9.21. The number of nitrogens with zero attached hydrogens (tertiary/aromatic N) is 2. The van der Waals surface area contributed by atoms with Gasteiger partial charge in [0, 0.05) is 19.6 Å². The molecule has 1 heterocycles. The highest BCUT2D eigenvalue weighted by atomic mass is 32.2. The van der Waals surface area contributed by atoms with Crippen LogP contribution >= 0.6 is 0 Å². The number of hydrogen-bond donors (Lipinski definition) is 0. The van der Waals surface area contributed by atoms with Crippen LogP contribution in [0.5, 0.6) is 0 Å². The summed E-state index contributed by atoms with van der Waals surface area (Å²) in [5.74, 6) is -0.0933. The lowest BCUT2D eigenvalue weighted by Gasteiger charge is -2.28. The first kappa shape index (κ1) is 16.0. The second-order valence-corrected chi connectivity index (χ2v) is 7.30. The smallest absolute Gasteiger partial charge is 0.241 e. The van der Waals surface area contributed by atoms with E-state index in [-0.39, 0.29) is 5.91 Å². The van der Waals surface area contributed by atoms with Crippen molar-refractivity contribution in [1.29, 1.82) is 0 Å². The van der Waals surface area contributed by atoms with Gasteiger partial charge in [0.15, 0.2) is 0 Å². The number of benzene rings is 1. The molecule has 1 atom stereocenters. The Labute approximate surface area is 126 Å². The fraction of sp³-hybridized carbons (Fsp3) is 0.533. The summed E-state index contributed by atoms with van der Waals surface area (Å²) in [6.45, 7) is 3.45. The molecule has 1 unspecified atom stereocenters. The van der Waals surface area contributed by atoms with E-state index >= 15 is 0 Å². The average Bonchev–Trinajstić information content (AvgIpc) is 2.94. The third-order valence-corrected chi connectivity index (χ3v) is 5.11. The maximum Gasteiger partial charge on any atom is 0.241 e. The predicted octanol–water partition coefficient (Wildman–Crippen LogP) is 1.46. The van der Waals surface area contributed by atoms with E-state index < -0.39 is 16.1 Å². The van der Waals surface area contributed by atoms with Gasteiger partial charge in [-0.25, -0.2) is 8.42 Å². The van der Waals surface area contributed by atoms with Crippen molar-refractivity contribution in [3.8, 4) is 0 Å². The van der Waals surface area contributed by atoms with Crippen LogP contribution in [0.1, 0.15) is 25.3 Å². The Balaban J connectivity index is 2.13. The molecule has 0 N–H and O–H groups in total. The van der Waals surface area contributed by atoms with Crippen molar-refractivity contribution in [2.45, 2.75) is 32.4 Å². The lowest BCUT2D eigenvalue weighted by atomic mass is 10.1. The Morgan fingerprint density at radius 1 is 1.33 bits per heavy atom. The molecule has 1 saturated heterocycles. The van der Waals surface area contributed by atoms with Gasteiger partial charge in [-0.1, -0.05) is 30.3 Å². The van der Waals surface area contributed by atoms with E-state index in [0.29, 0.717) is 26.1 Å². The number of likely N-dealkylation sites (N-methyl/N-ethyl adjacent to an activating group) is 1. The van der Waals surface area contributed by atoms with Gasteiger partial charge in [-0.05, 0) is 25.3 Å². The van der Waals surface area contributed by atoms with Crippen molar-refractivity contribution < 1.29 is 13.2 Å². The molecule has 0 radical (unpaired) electrons. The van der Waals surface area contributed by atoms with Crippen LogP contribution in [-0.2, 0) is 21.4 Å². The molecule has 21 heavy (non-hydrogen) atoms. The van der Waals surface area contributed by atoms with Gasteiger partial charge in [-0.2, -0.15) is 4.31 Å². The molecule has 1 aliphatic heterocycles. The number of rotatable bonds is 5. The predicted molar refractivity (Wildman–Crippen MR) is 82.1 cm³/mol. The zero-order valence-electron chi connectivity index (χ0n) is 12.5. The summed E-state index contributed by atoms with van der Waals surface area (Å²) in [5.41, 5.74) is 1.05. The lowest BCUT2D eigenvalue weighted by Crippen LogP contribution is -2.47. The van der Waals surface area contributed by atoms with Gasteiger partial charge >= 0.3 is 0 Å². The first-order valence-electron chi connectivity index (χ1n) is 7.23. The molecule has 0 spiro atoms. The zero-order valence-corrected chi connectivity index (χ0v) is 13.3. The highest BCUT2D eigenvalue weighted by Crippen LogP contribution is 2.22. The van der Waals surface area contributed by atoms with Crippen LogP contribution < -0.4 is 0 Å². The van der Waals surface area contributed by atoms with Gasteiger partial charge in [0.25, 0.3) is 0 Å². The number of hydrogen-bond acceptors (Lipinski definition) is 3. The zero-order chi connectivity index (χ0) is 15.5. The molecule has 0 saturated carbocycles. The first-order chi connectivity index (χ1) is 9.93. The van der Waals surface area contributed by atoms with Crippen molar-refractivity contribution in [3.63, 3.8) is 0 Å². The second kappa shape index (κ2) is 6.58. The van der Waals surface area contributed by atoms with E-state index in [4.69, 9.17) is 0 Å². The van der Waals surface area contributed by atoms with Gasteiger partial charge < -0.3 is 4.90 Å². The Morgan fingerprint density at radius 3 is 2.57 bits per heavy atom. The maximum atomic E-state index is 12.7. The summed E-state index contributed by atoms with van der Waals surface area (Å²) in [4.78, 5) is 14.4. The van der Waals surface area contributed by atoms with Gasteiger partial charge in [0.05, 0.1) is 6.26 Å². The Kier molecular flexibility index (Phi) is 5.00. The number of amides is 1. The largest absolute Gasteiger partial charge is 0.337 e. The molecule has 1 amide bonds. The molecule has 1 aliphatic rings. The van der Waals surface area contributed by atoms with Gasteiger partial charge in [-0.3, -0.25) is 4.79 Å². The summed E-state index contributed by atoms with van der Waals surface area (Å²) in [5, 5.41) is 0. The summed E-state index contributed by atoms with van der Waals surface area (Å²) < 4.78 is 24.9. The quantitative estimate of drug-likeness (QED) is 0.827. The molecule has 1 fully saturated rings. The molecule has 5 nitrogen and oxygen atoms in total. The summed E-state index contributed by atoms with van der Waals surface area (Å²) in [7, 11) is -3.33. The van der Waals surface area contributed by atoms with Gasteiger partial charge in [0.1, 0.15) is 6.04 Å². The highest BCUT2D eigenvalue weighted by molar-refractivity contribution is 7.88. The molecule has 116 valence electrons. The summed E-state index contributed by atoms with van der Waals surface area (Å²) >= 11 is 0. The van der Waals surface area contributed by atoms with Crippen LogP contribution in [0.3, 0.4) is 0 Å². The maximum absolute atomic E-state index is 12.7. The average molecular weight is 310 g/mol. The SMILES string of the molecule is CCN(Cc1ccccc1)C(=O)C1CCCN1S(C)(=O)=O. The Morgan fingerprint density at radius 2 is 2.00 bits per heavy atom. The van der Waals surface area contributed by atoms with Crippen molar-refractivity contribution in [1.82, 2.24) is 9.21 Å². The second-order valence-electron chi connectivity index (χ2n) is 5.37. The minimum absolute atomic E-state index is 0.0933. The summed E-state index contributed by atoms with van der Waals surface area (Å²) in [6.07, 6.45) is 2.52. The molecule has 0 bridgehead atoms. The van der Waals surface area contributed by atoms with Crippen LogP contribution in [0, 0.1) is 0 Å².